The van der Waals surface area contributed by atoms with Crippen molar-refractivity contribution in [2.75, 3.05) is 0 Å². The quantitative estimate of drug-likeness (QED) is 0.610. The minimum atomic E-state index is 0.457. The second-order valence-corrected chi connectivity index (χ2v) is 5.96. The van der Waals surface area contributed by atoms with Gasteiger partial charge in [-0.1, -0.05) is 40.9 Å². The molecule has 0 fully saturated rings. The summed E-state index contributed by atoms with van der Waals surface area (Å²) in [6.07, 6.45) is 0. The van der Waals surface area contributed by atoms with Gasteiger partial charge in [0.15, 0.2) is 10.6 Å². The summed E-state index contributed by atoms with van der Waals surface area (Å²) in [5.41, 5.74) is 1.54. The van der Waals surface area contributed by atoms with Gasteiger partial charge in [-0.05, 0) is 48.6 Å². The van der Waals surface area contributed by atoms with Crippen LogP contribution in [0.1, 0.15) is 0 Å². The molecule has 21 heavy (non-hydrogen) atoms. The Morgan fingerprint density at radius 3 is 2.48 bits per heavy atom. The van der Waals surface area contributed by atoms with Crippen LogP contribution >= 0.6 is 47.0 Å². The largest absolute Gasteiger partial charge is 0.268 e. The first-order valence-electron chi connectivity index (χ1n) is 5.95. The Morgan fingerprint density at radius 2 is 1.76 bits per heavy atom. The summed E-state index contributed by atoms with van der Waals surface area (Å²) in [7, 11) is 0. The number of H-pyrrole nitrogens is 1. The first-order chi connectivity index (χ1) is 10.1. The molecule has 0 unspecified atom stereocenters. The maximum atomic E-state index is 6.25. The van der Waals surface area contributed by atoms with E-state index in [9.17, 15) is 0 Å². The zero-order valence-electron chi connectivity index (χ0n) is 10.5. The molecule has 2 aromatic carbocycles. The topological polar surface area (TPSA) is 33.6 Å². The molecule has 0 bridgehead atoms. The summed E-state index contributed by atoms with van der Waals surface area (Å²) in [5.74, 6) is 0.601. The summed E-state index contributed by atoms with van der Waals surface area (Å²) in [6, 6.07) is 12.6. The van der Waals surface area contributed by atoms with E-state index >= 15 is 0 Å². The first-order valence-corrected chi connectivity index (χ1v) is 7.49. The number of nitrogens with zero attached hydrogens (tertiary/aromatic N) is 2. The molecule has 3 aromatic rings. The van der Waals surface area contributed by atoms with E-state index < -0.39 is 0 Å². The molecule has 0 amide bonds. The molecule has 7 heteroatoms. The molecule has 0 spiro atoms. The van der Waals surface area contributed by atoms with Gasteiger partial charge in [0, 0.05) is 15.6 Å². The van der Waals surface area contributed by atoms with Crippen molar-refractivity contribution in [1.29, 1.82) is 0 Å². The number of rotatable bonds is 2. The van der Waals surface area contributed by atoms with Crippen LogP contribution in [0.2, 0.25) is 15.1 Å². The van der Waals surface area contributed by atoms with Crippen LogP contribution in [0.3, 0.4) is 0 Å². The van der Waals surface area contributed by atoms with E-state index in [-0.39, 0.29) is 0 Å². The minimum Gasteiger partial charge on any atom is -0.268 e. The Morgan fingerprint density at radius 1 is 1.00 bits per heavy atom. The van der Waals surface area contributed by atoms with E-state index in [4.69, 9.17) is 47.0 Å². The number of aromatic amines is 1. The predicted molar refractivity (Wildman–Crippen MR) is 89.2 cm³/mol. The SMILES string of the molecule is S=c1[nH]nc(-c2ccc(Cl)cc2Cl)n1-c1cccc(Cl)c1. The van der Waals surface area contributed by atoms with E-state index in [2.05, 4.69) is 10.2 Å². The Hall–Kier alpha value is -1.33. The third kappa shape index (κ3) is 2.85. The van der Waals surface area contributed by atoms with Gasteiger partial charge in [-0.15, -0.1) is 0 Å². The normalized spacial score (nSPS) is 10.8. The predicted octanol–water partition coefficient (Wildman–Crippen LogP) is 5.56. The fourth-order valence-electron chi connectivity index (χ4n) is 2.00. The molecule has 3 rings (SSSR count). The van der Waals surface area contributed by atoms with Gasteiger partial charge in [0.05, 0.1) is 10.7 Å². The van der Waals surface area contributed by atoms with Gasteiger partial charge in [-0.25, -0.2) is 0 Å². The average Bonchev–Trinajstić information content (AvgIpc) is 2.80. The third-order valence-corrected chi connectivity index (χ3v) is 3.97. The number of hydrogen-bond acceptors (Lipinski definition) is 2. The van der Waals surface area contributed by atoms with Crippen molar-refractivity contribution >= 4 is 47.0 Å². The van der Waals surface area contributed by atoms with Gasteiger partial charge >= 0.3 is 0 Å². The highest BCUT2D eigenvalue weighted by Crippen LogP contribution is 2.31. The fraction of sp³-hybridized carbons (Fsp3) is 0. The molecule has 0 saturated heterocycles. The molecule has 0 aliphatic carbocycles. The second kappa shape index (κ2) is 5.81. The summed E-state index contributed by atoms with van der Waals surface area (Å²) in [6.45, 7) is 0. The van der Waals surface area contributed by atoms with E-state index in [1.807, 2.05) is 12.1 Å². The lowest BCUT2D eigenvalue weighted by atomic mass is 10.2. The first kappa shape index (κ1) is 14.6. The molecule has 106 valence electrons. The van der Waals surface area contributed by atoms with Crippen molar-refractivity contribution in [2.45, 2.75) is 0 Å². The van der Waals surface area contributed by atoms with Gasteiger partial charge in [0.25, 0.3) is 0 Å². The molecule has 1 aromatic heterocycles. The van der Waals surface area contributed by atoms with Gasteiger partial charge in [0.2, 0.25) is 0 Å². The van der Waals surface area contributed by atoms with Crippen molar-refractivity contribution < 1.29 is 0 Å². The van der Waals surface area contributed by atoms with Crippen LogP contribution in [0.25, 0.3) is 17.1 Å². The lowest BCUT2D eigenvalue weighted by Gasteiger charge is -2.08. The Labute approximate surface area is 141 Å². The lowest BCUT2D eigenvalue weighted by molar-refractivity contribution is 1.04. The van der Waals surface area contributed by atoms with Crippen molar-refractivity contribution in [3.05, 3.63) is 62.3 Å². The van der Waals surface area contributed by atoms with E-state index in [0.29, 0.717) is 25.7 Å². The summed E-state index contributed by atoms with van der Waals surface area (Å²) >= 11 is 23.5. The van der Waals surface area contributed by atoms with Gasteiger partial charge in [-0.3, -0.25) is 9.67 Å². The zero-order chi connectivity index (χ0) is 15.0. The second-order valence-electron chi connectivity index (χ2n) is 4.29. The molecule has 0 radical (unpaired) electrons. The van der Waals surface area contributed by atoms with Gasteiger partial charge in [-0.2, -0.15) is 5.10 Å². The minimum absolute atomic E-state index is 0.457. The molecule has 0 saturated carbocycles. The number of halogens is 3. The van der Waals surface area contributed by atoms with Crippen LogP contribution in [0, 0.1) is 4.77 Å². The Kier molecular flexibility index (Phi) is 4.04. The summed E-state index contributed by atoms with van der Waals surface area (Å²) < 4.78 is 2.23. The van der Waals surface area contributed by atoms with Crippen molar-refractivity contribution in [1.82, 2.24) is 14.8 Å². The number of aromatic nitrogens is 3. The van der Waals surface area contributed by atoms with E-state index in [1.54, 1.807) is 34.9 Å². The van der Waals surface area contributed by atoms with Crippen LogP contribution in [0.5, 0.6) is 0 Å². The van der Waals surface area contributed by atoms with Gasteiger partial charge < -0.3 is 0 Å². The number of hydrogen-bond donors (Lipinski definition) is 1. The maximum absolute atomic E-state index is 6.25. The van der Waals surface area contributed by atoms with Crippen LogP contribution < -0.4 is 0 Å². The molecular weight excluding hydrogens is 349 g/mol. The highest BCUT2D eigenvalue weighted by atomic mass is 35.5. The van der Waals surface area contributed by atoms with Crippen LogP contribution in [-0.4, -0.2) is 14.8 Å². The Balaban J connectivity index is 2.24. The van der Waals surface area contributed by atoms with E-state index in [1.165, 1.54) is 0 Å². The van der Waals surface area contributed by atoms with Crippen molar-refractivity contribution in [3.8, 4) is 17.1 Å². The molecule has 0 atom stereocenters. The lowest BCUT2D eigenvalue weighted by Crippen LogP contribution is -1.98. The van der Waals surface area contributed by atoms with Crippen LogP contribution in [-0.2, 0) is 0 Å². The standard InChI is InChI=1S/C14H8Cl3N3S/c15-8-2-1-3-10(6-8)20-13(18-19-14(20)21)11-5-4-9(16)7-12(11)17/h1-7H,(H,19,21). The smallest absolute Gasteiger partial charge is 0.200 e. The molecule has 1 N–H and O–H groups in total. The summed E-state index contributed by atoms with van der Waals surface area (Å²) in [5, 5.41) is 8.71. The van der Waals surface area contributed by atoms with E-state index in [0.717, 1.165) is 11.3 Å². The number of benzene rings is 2. The molecule has 0 aliphatic heterocycles. The molecule has 3 nitrogen and oxygen atoms in total. The molecule has 0 aliphatic rings. The zero-order valence-corrected chi connectivity index (χ0v) is 13.6. The average molecular weight is 357 g/mol. The maximum Gasteiger partial charge on any atom is 0.200 e. The number of nitrogens with one attached hydrogen (secondary N) is 1. The van der Waals surface area contributed by atoms with Crippen molar-refractivity contribution in [2.24, 2.45) is 0 Å². The van der Waals surface area contributed by atoms with Gasteiger partial charge in [0.1, 0.15) is 0 Å². The molecule has 1 heterocycles. The molecular formula is C14H8Cl3N3S. The van der Waals surface area contributed by atoms with Crippen molar-refractivity contribution in [3.63, 3.8) is 0 Å². The summed E-state index contributed by atoms with van der Waals surface area (Å²) in [4.78, 5) is 0. The third-order valence-electron chi connectivity index (χ3n) is 2.91. The van der Waals surface area contributed by atoms with Crippen LogP contribution in [0.15, 0.2) is 42.5 Å². The Bertz CT molecular complexity index is 870. The highest BCUT2D eigenvalue weighted by molar-refractivity contribution is 7.71. The highest BCUT2D eigenvalue weighted by Gasteiger charge is 2.14. The fourth-order valence-corrected chi connectivity index (χ4v) is 2.92. The monoisotopic (exact) mass is 355 g/mol. The van der Waals surface area contributed by atoms with Crippen LogP contribution in [0.4, 0.5) is 0 Å².